The molecule has 0 heterocycles. The summed E-state index contributed by atoms with van der Waals surface area (Å²) in [7, 11) is 2.13. The Labute approximate surface area is 101 Å². The lowest BCUT2D eigenvalue weighted by Crippen LogP contribution is -2.28. The summed E-state index contributed by atoms with van der Waals surface area (Å²) in [6.45, 7) is 4.95. The van der Waals surface area contributed by atoms with Crippen molar-refractivity contribution in [1.82, 2.24) is 4.90 Å². The van der Waals surface area contributed by atoms with Gasteiger partial charge in [-0.1, -0.05) is 35.0 Å². The van der Waals surface area contributed by atoms with Crippen molar-refractivity contribution in [2.45, 2.75) is 13.5 Å². The van der Waals surface area contributed by atoms with Crippen LogP contribution in [0.3, 0.4) is 0 Å². The highest BCUT2D eigenvalue weighted by molar-refractivity contribution is 9.10. The second kappa shape index (κ2) is 6.26. The average Bonchev–Trinajstić information content (AvgIpc) is 2.17. The van der Waals surface area contributed by atoms with Gasteiger partial charge < -0.3 is 10.6 Å². The number of rotatable bonds is 5. The van der Waals surface area contributed by atoms with Crippen LogP contribution in [0.15, 0.2) is 28.7 Å². The first kappa shape index (κ1) is 12.7. The highest BCUT2D eigenvalue weighted by atomic mass is 79.9. The molecule has 1 rings (SSSR count). The summed E-state index contributed by atoms with van der Waals surface area (Å²) in [5, 5.41) is 0. The third kappa shape index (κ3) is 4.78. The molecule has 1 aromatic rings. The van der Waals surface area contributed by atoms with E-state index in [9.17, 15) is 0 Å². The normalized spacial score (nSPS) is 13.1. The lowest BCUT2D eigenvalue weighted by Gasteiger charge is -2.20. The first-order chi connectivity index (χ1) is 7.11. The lowest BCUT2D eigenvalue weighted by molar-refractivity contribution is 0.282. The second-order valence-electron chi connectivity index (χ2n) is 4.17. The fourth-order valence-electron chi connectivity index (χ4n) is 1.62. The molecule has 1 unspecified atom stereocenters. The third-order valence-electron chi connectivity index (χ3n) is 2.37. The quantitative estimate of drug-likeness (QED) is 0.891. The van der Waals surface area contributed by atoms with Crippen LogP contribution >= 0.6 is 15.9 Å². The van der Waals surface area contributed by atoms with Gasteiger partial charge in [-0.3, -0.25) is 0 Å². The van der Waals surface area contributed by atoms with E-state index in [1.165, 1.54) is 5.56 Å². The number of nitrogens with two attached hydrogens (primary N) is 1. The Morgan fingerprint density at radius 3 is 2.80 bits per heavy atom. The highest BCUT2D eigenvalue weighted by Crippen LogP contribution is 2.13. The van der Waals surface area contributed by atoms with Gasteiger partial charge in [-0.25, -0.2) is 0 Å². The second-order valence-corrected chi connectivity index (χ2v) is 5.08. The van der Waals surface area contributed by atoms with E-state index < -0.39 is 0 Å². The Hall–Kier alpha value is -0.380. The SMILES string of the molecule is CC(CN)CN(C)Cc1cccc(Br)c1. The smallest absolute Gasteiger partial charge is 0.0231 e. The van der Waals surface area contributed by atoms with E-state index in [-0.39, 0.29) is 0 Å². The molecule has 0 radical (unpaired) electrons. The molecular formula is C12H19BrN2. The molecule has 3 heteroatoms. The van der Waals surface area contributed by atoms with Crippen molar-refractivity contribution in [2.75, 3.05) is 20.1 Å². The molecule has 0 saturated heterocycles. The van der Waals surface area contributed by atoms with Gasteiger partial charge in [0.2, 0.25) is 0 Å². The van der Waals surface area contributed by atoms with E-state index in [0.717, 1.165) is 24.1 Å². The molecule has 0 bridgehead atoms. The Kier molecular flexibility index (Phi) is 5.29. The molecule has 0 amide bonds. The van der Waals surface area contributed by atoms with Crippen molar-refractivity contribution in [3.8, 4) is 0 Å². The molecule has 2 N–H and O–H groups in total. The van der Waals surface area contributed by atoms with Crippen LogP contribution in [0.4, 0.5) is 0 Å². The maximum Gasteiger partial charge on any atom is 0.0231 e. The number of hydrogen-bond acceptors (Lipinski definition) is 2. The maximum absolute atomic E-state index is 5.60. The summed E-state index contributed by atoms with van der Waals surface area (Å²) in [5.74, 6) is 0.558. The van der Waals surface area contributed by atoms with Crippen molar-refractivity contribution in [2.24, 2.45) is 11.7 Å². The topological polar surface area (TPSA) is 29.3 Å². The Morgan fingerprint density at radius 2 is 2.20 bits per heavy atom. The predicted octanol–water partition coefficient (Wildman–Crippen LogP) is 2.48. The molecule has 1 atom stereocenters. The Balaban J connectivity index is 2.47. The molecule has 0 aliphatic carbocycles. The number of halogens is 1. The molecule has 0 fully saturated rings. The van der Waals surface area contributed by atoms with Gasteiger partial charge in [-0.05, 0) is 37.2 Å². The summed E-state index contributed by atoms with van der Waals surface area (Å²) in [5.41, 5.74) is 6.93. The molecule has 1 aromatic carbocycles. The van der Waals surface area contributed by atoms with Crippen LogP contribution < -0.4 is 5.73 Å². The van der Waals surface area contributed by atoms with Crippen molar-refractivity contribution < 1.29 is 0 Å². The summed E-state index contributed by atoms with van der Waals surface area (Å²) in [6.07, 6.45) is 0. The number of hydrogen-bond donors (Lipinski definition) is 1. The molecular weight excluding hydrogens is 252 g/mol. The van der Waals surface area contributed by atoms with E-state index in [0.29, 0.717) is 5.92 Å². The third-order valence-corrected chi connectivity index (χ3v) is 2.86. The Bertz CT molecular complexity index is 301. The molecule has 84 valence electrons. The van der Waals surface area contributed by atoms with E-state index in [2.05, 4.69) is 53.0 Å². The fraction of sp³-hybridized carbons (Fsp3) is 0.500. The van der Waals surface area contributed by atoms with Crippen molar-refractivity contribution in [3.63, 3.8) is 0 Å². The van der Waals surface area contributed by atoms with Crippen LogP contribution in [0.1, 0.15) is 12.5 Å². The van der Waals surface area contributed by atoms with Crippen molar-refractivity contribution >= 4 is 15.9 Å². The van der Waals surface area contributed by atoms with Gasteiger partial charge in [0.15, 0.2) is 0 Å². The fourth-order valence-corrected chi connectivity index (χ4v) is 2.06. The molecule has 15 heavy (non-hydrogen) atoms. The van der Waals surface area contributed by atoms with Crippen LogP contribution in [0.2, 0.25) is 0 Å². The summed E-state index contributed by atoms with van der Waals surface area (Å²) in [4.78, 5) is 2.30. The minimum absolute atomic E-state index is 0.558. The van der Waals surface area contributed by atoms with Crippen molar-refractivity contribution in [1.29, 1.82) is 0 Å². The predicted molar refractivity (Wildman–Crippen MR) is 68.7 cm³/mol. The molecule has 0 spiro atoms. The van der Waals surface area contributed by atoms with Gasteiger partial charge in [0.05, 0.1) is 0 Å². The zero-order valence-electron chi connectivity index (χ0n) is 9.41. The highest BCUT2D eigenvalue weighted by Gasteiger charge is 2.05. The van der Waals surface area contributed by atoms with Crippen LogP contribution in [0.5, 0.6) is 0 Å². The summed E-state index contributed by atoms with van der Waals surface area (Å²) < 4.78 is 1.14. The van der Waals surface area contributed by atoms with Crippen LogP contribution in [0, 0.1) is 5.92 Å². The van der Waals surface area contributed by atoms with Crippen LogP contribution in [-0.4, -0.2) is 25.0 Å². The number of nitrogens with zero attached hydrogens (tertiary/aromatic N) is 1. The molecule has 2 nitrogen and oxygen atoms in total. The standard InChI is InChI=1S/C12H19BrN2/c1-10(7-14)8-15(2)9-11-4-3-5-12(13)6-11/h3-6,10H,7-9,14H2,1-2H3. The monoisotopic (exact) mass is 270 g/mol. The van der Waals surface area contributed by atoms with Gasteiger partial charge in [0, 0.05) is 17.6 Å². The molecule has 0 aliphatic rings. The van der Waals surface area contributed by atoms with Gasteiger partial charge >= 0.3 is 0 Å². The maximum atomic E-state index is 5.60. The Morgan fingerprint density at radius 1 is 1.47 bits per heavy atom. The molecule has 0 aromatic heterocycles. The molecule has 0 saturated carbocycles. The first-order valence-corrected chi connectivity index (χ1v) is 6.04. The van der Waals surface area contributed by atoms with E-state index in [4.69, 9.17) is 5.73 Å². The minimum atomic E-state index is 0.558. The largest absolute Gasteiger partial charge is 0.330 e. The van der Waals surface area contributed by atoms with Crippen molar-refractivity contribution in [3.05, 3.63) is 34.3 Å². The van der Waals surface area contributed by atoms with Crippen LogP contribution in [-0.2, 0) is 6.54 Å². The van der Waals surface area contributed by atoms with Gasteiger partial charge in [-0.2, -0.15) is 0 Å². The molecule has 0 aliphatic heterocycles. The van der Waals surface area contributed by atoms with E-state index >= 15 is 0 Å². The summed E-state index contributed by atoms with van der Waals surface area (Å²) in [6, 6.07) is 8.42. The number of benzene rings is 1. The summed E-state index contributed by atoms with van der Waals surface area (Å²) >= 11 is 3.48. The zero-order valence-corrected chi connectivity index (χ0v) is 11.0. The van der Waals surface area contributed by atoms with Gasteiger partial charge in [0.1, 0.15) is 0 Å². The van der Waals surface area contributed by atoms with Crippen LogP contribution in [0.25, 0.3) is 0 Å². The zero-order chi connectivity index (χ0) is 11.3. The van der Waals surface area contributed by atoms with E-state index in [1.54, 1.807) is 0 Å². The first-order valence-electron chi connectivity index (χ1n) is 5.25. The lowest BCUT2D eigenvalue weighted by atomic mass is 10.1. The van der Waals surface area contributed by atoms with Gasteiger partial charge in [-0.15, -0.1) is 0 Å². The van der Waals surface area contributed by atoms with Gasteiger partial charge in [0.25, 0.3) is 0 Å². The minimum Gasteiger partial charge on any atom is -0.330 e. The van der Waals surface area contributed by atoms with E-state index in [1.807, 2.05) is 6.07 Å². The average molecular weight is 271 g/mol.